The molecule has 0 bridgehead atoms. The summed E-state index contributed by atoms with van der Waals surface area (Å²) in [6.07, 6.45) is 3.52. The molecule has 0 fully saturated rings. The van der Waals surface area contributed by atoms with Crippen molar-refractivity contribution in [3.8, 4) is 0 Å². The third kappa shape index (κ3) is 2.60. The highest BCUT2D eigenvalue weighted by atomic mass is 16.1. The van der Waals surface area contributed by atoms with Gasteiger partial charge in [0.1, 0.15) is 0 Å². The molecule has 88 valence electrons. The lowest BCUT2D eigenvalue weighted by molar-refractivity contribution is -0.121. The first-order valence-electron chi connectivity index (χ1n) is 5.46. The third-order valence-corrected chi connectivity index (χ3v) is 2.71. The first-order chi connectivity index (χ1) is 7.23. The highest BCUT2D eigenvalue weighted by Gasteiger charge is 2.18. The lowest BCUT2D eigenvalue weighted by Crippen LogP contribution is -2.17. The zero-order valence-corrected chi connectivity index (χ0v) is 11.0. The number of hydrogen-bond donors (Lipinski definition) is 0. The number of hydrogen-bond acceptors (Lipinski definition) is 2. The smallest absolute Gasteiger partial charge is 0.161 e. The van der Waals surface area contributed by atoms with Crippen molar-refractivity contribution in [3.05, 3.63) is 23.0 Å². The van der Waals surface area contributed by atoms with Crippen LogP contribution < -0.4 is 0 Å². The molecule has 0 unspecified atom stereocenters. The number of aryl methyl sites for hydroxylation is 2. The second-order valence-corrected chi connectivity index (χ2v) is 5.16. The van der Waals surface area contributed by atoms with Crippen LogP contribution in [0.3, 0.4) is 0 Å². The van der Waals surface area contributed by atoms with Crippen LogP contribution in [-0.4, -0.2) is 15.6 Å². The summed E-state index contributed by atoms with van der Waals surface area (Å²) >= 11 is 0. The number of rotatable bonds is 2. The summed E-state index contributed by atoms with van der Waals surface area (Å²) in [5.41, 5.74) is 2.76. The van der Waals surface area contributed by atoms with Gasteiger partial charge in [0, 0.05) is 23.7 Å². The monoisotopic (exact) mass is 220 g/mol. The van der Waals surface area contributed by atoms with Gasteiger partial charge < -0.3 is 0 Å². The van der Waals surface area contributed by atoms with Crippen LogP contribution in [0, 0.1) is 19.3 Å². The summed E-state index contributed by atoms with van der Waals surface area (Å²) in [5, 5.41) is 4.30. The van der Waals surface area contributed by atoms with E-state index in [1.165, 1.54) is 0 Å². The summed E-state index contributed by atoms with van der Waals surface area (Å²) in [4.78, 5) is 11.8. The molecule has 0 aromatic carbocycles. The van der Waals surface area contributed by atoms with E-state index >= 15 is 0 Å². The first kappa shape index (κ1) is 12.7. The van der Waals surface area contributed by atoms with Crippen molar-refractivity contribution in [2.45, 2.75) is 34.6 Å². The third-order valence-electron chi connectivity index (χ3n) is 2.71. The van der Waals surface area contributed by atoms with E-state index < -0.39 is 0 Å². The van der Waals surface area contributed by atoms with Gasteiger partial charge in [0.25, 0.3) is 0 Å². The van der Waals surface area contributed by atoms with Crippen molar-refractivity contribution in [2.75, 3.05) is 0 Å². The van der Waals surface area contributed by atoms with E-state index in [-0.39, 0.29) is 11.2 Å². The summed E-state index contributed by atoms with van der Waals surface area (Å²) in [5.74, 6) is 0.134. The lowest BCUT2D eigenvalue weighted by Gasteiger charge is -2.12. The SMILES string of the molecule is Cc1nn(C)c(C)c1/C=C\C(=O)C(C)(C)C. The van der Waals surface area contributed by atoms with Gasteiger partial charge in [-0.3, -0.25) is 9.48 Å². The molecule has 0 radical (unpaired) electrons. The molecule has 0 N–H and O–H groups in total. The van der Waals surface area contributed by atoms with Gasteiger partial charge in [0.2, 0.25) is 0 Å². The van der Waals surface area contributed by atoms with E-state index in [2.05, 4.69) is 5.10 Å². The van der Waals surface area contributed by atoms with E-state index in [0.717, 1.165) is 17.0 Å². The maximum atomic E-state index is 11.8. The normalized spacial score (nSPS) is 12.4. The molecular weight excluding hydrogens is 200 g/mol. The van der Waals surface area contributed by atoms with Crippen LogP contribution in [0.5, 0.6) is 0 Å². The Hall–Kier alpha value is -1.38. The Morgan fingerprint density at radius 1 is 1.31 bits per heavy atom. The molecule has 16 heavy (non-hydrogen) atoms. The fourth-order valence-electron chi connectivity index (χ4n) is 1.44. The topological polar surface area (TPSA) is 34.9 Å². The standard InChI is InChI=1S/C13H20N2O/c1-9-11(10(2)15(6)14-9)7-8-12(16)13(3,4)5/h7-8H,1-6H3/b8-7-. The van der Waals surface area contributed by atoms with Crippen LogP contribution in [0.2, 0.25) is 0 Å². The largest absolute Gasteiger partial charge is 0.294 e. The fourth-order valence-corrected chi connectivity index (χ4v) is 1.44. The second kappa shape index (κ2) is 4.24. The molecule has 0 aliphatic carbocycles. The number of allylic oxidation sites excluding steroid dienone is 1. The Morgan fingerprint density at radius 3 is 2.25 bits per heavy atom. The zero-order valence-electron chi connectivity index (χ0n) is 11.0. The average molecular weight is 220 g/mol. The lowest BCUT2D eigenvalue weighted by atomic mass is 9.90. The number of carbonyl (C=O) groups excluding carboxylic acids is 1. The molecule has 1 aromatic heterocycles. The summed E-state index contributed by atoms with van der Waals surface area (Å²) in [7, 11) is 1.91. The van der Waals surface area contributed by atoms with Gasteiger partial charge in [-0.05, 0) is 26.0 Å². The van der Waals surface area contributed by atoms with E-state index in [1.54, 1.807) is 6.08 Å². The Balaban J connectivity index is 2.97. The first-order valence-corrected chi connectivity index (χ1v) is 5.46. The molecule has 0 atom stereocenters. The molecule has 1 aromatic rings. The summed E-state index contributed by atoms with van der Waals surface area (Å²) in [6, 6.07) is 0. The van der Waals surface area contributed by atoms with Crippen molar-refractivity contribution in [1.82, 2.24) is 9.78 Å². The molecule has 1 heterocycles. The van der Waals surface area contributed by atoms with Gasteiger partial charge in [-0.15, -0.1) is 0 Å². The molecule has 0 saturated carbocycles. The predicted octanol–water partition coefficient (Wildman–Crippen LogP) is 2.67. The van der Waals surface area contributed by atoms with Crippen molar-refractivity contribution in [3.63, 3.8) is 0 Å². The van der Waals surface area contributed by atoms with Crippen LogP contribution >= 0.6 is 0 Å². The number of nitrogens with zero attached hydrogens (tertiary/aromatic N) is 2. The van der Waals surface area contributed by atoms with Crippen LogP contribution in [-0.2, 0) is 11.8 Å². The molecule has 0 spiro atoms. The van der Waals surface area contributed by atoms with Gasteiger partial charge in [0.05, 0.1) is 5.69 Å². The minimum absolute atomic E-state index is 0.134. The zero-order chi connectivity index (χ0) is 12.5. The van der Waals surface area contributed by atoms with Gasteiger partial charge in [-0.25, -0.2) is 0 Å². The molecule has 1 rings (SSSR count). The van der Waals surface area contributed by atoms with Gasteiger partial charge in [0.15, 0.2) is 5.78 Å². The Kier molecular flexibility index (Phi) is 3.36. The number of ketones is 1. The van der Waals surface area contributed by atoms with E-state index in [0.29, 0.717) is 0 Å². The van der Waals surface area contributed by atoms with E-state index in [4.69, 9.17) is 0 Å². The number of carbonyl (C=O) groups is 1. The van der Waals surface area contributed by atoms with Crippen molar-refractivity contribution >= 4 is 11.9 Å². The van der Waals surface area contributed by atoms with Gasteiger partial charge in [-0.2, -0.15) is 5.10 Å². The van der Waals surface area contributed by atoms with Crippen molar-refractivity contribution in [2.24, 2.45) is 12.5 Å². The Labute approximate surface area is 97.2 Å². The average Bonchev–Trinajstić information content (AvgIpc) is 2.37. The van der Waals surface area contributed by atoms with Crippen LogP contribution in [0.25, 0.3) is 6.08 Å². The fraction of sp³-hybridized carbons (Fsp3) is 0.538. The Bertz CT molecular complexity index is 434. The minimum atomic E-state index is -0.319. The number of aromatic nitrogens is 2. The van der Waals surface area contributed by atoms with Crippen molar-refractivity contribution < 1.29 is 4.79 Å². The van der Waals surface area contributed by atoms with Crippen molar-refractivity contribution in [1.29, 1.82) is 0 Å². The summed E-state index contributed by atoms with van der Waals surface area (Å²) in [6.45, 7) is 9.71. The molecule has 0 amide bonds. The van der Waals surface area contributed by atoms with Gasteiger partial charge >= 0.3 is 0 Å². The highest BCUT2D eigenvalue weighted by molar-refractivity contribution is 5.97. The van der Waals surface area contributed by atoms with Crippen LogP contribution in [0.15, 0.2) is 6.08 Å². The van der Waals surface area contributed by atoms with Crippen LogP contribution in [0.1, 0.15) is 37.7 Å². The molecule has 0 aliphatic rings. The van der Waals surface area contributed by atoms with Gasteiger partial charge in [-0.1, -0.05) is 20.8 Å². The molecule has 0 aliphatic heterocycles. The summed E-state index contributed by atoms with van der Waals surface area (Å²) < 4.78 is 1.83. The predicted molar refractivity (Wildman–Crippen MR) is 66.2 cm³/mol. The molecule has 3 nitrogen and oxygen atoms in total. The van der Waals surface area contributed by atoms with E-state index in [1.807, 2.05) is 52.4 Å². The van der Waals surface area contributed by atoms with E-state index in [9.17, 15) is 4.79 Å². The van der Waals surface area contributed by atoms with Crippen LogP contribution in [0.4, 0.5) is 0 Å². The minimum Gasteiger partial charge on any atom is -0.294 e. The molecule has 3 heteroatoms. The molecule has 0 saturated heterocycles. The molecular formula is C13H20N2O. The quantitative estimate of drug-likeness (QED) is 0.718. The second-order valence-electron chi connectivity index (χ2n) is 5.16. The maximum Gasteiger partial charge on any atom is 0.161 e. The Morgan fingerprint density at radius 2 is 1.88 bits per heavy atom. The highest BCUT2D eigenvalue weighted by Crippen LogP contribution is 2.18. The maximum absolute atomic E-state index is 11.8.